The van der Waals surface area contributed by atoms with Crippen molar-refractivity contribution >= 4 is 27.1 Å². The number of anilines is 2. The lowest BCUT2D eigenvalue weighted by Gasteiger charge is -2.33. The maximum absolute atomic E-state index is 13.7. The third-order valence-electron chi connectivity index (χ3n) is 8.67. The van der Waals surface area contributed by atoms with E-state index in [1.54, 1.807) is 13.2 Å². The lowest BCUT2D eigenvalue weighted by molar-refractivity contribution is 0.0949. The molecule has 8 nitrogen and oxygen atoms in total. The van der Waals surface area contributed by atoms with Crippen LogP contribution in [0.3, 0.4) is 0 Å². The third kappa shape index (κ3) is 9.31. The van der Waals surface area contributed by atoms with Crippen LogP contribution in [0.4, 0.5) is 11.4 Å². The molecular formula is C36H50N4O4S. The van der Waals surface area contributed by atoms with Crippen molar-refractivity contribution in [3.05, 3.63) is 89.5 Å². The highest BCUT2D eigenvalue weighted by Gasteiger charge is 2.28. The first-order valence-electron chi connectivity index (χ1n) is 16.2. The van der Waals surface area contributed by atoms with Crippen LogP contribution in [0.5, 0.6) is 0 Å². The Labute approximate surface area is 270 Å². The van der Waals surface area contributed by atoms with Crippen molar-refractivity contribution in [2.45, 2.75) is 43.9 Å². The van der Waals surface area contributed by atoms with E-state index < -0.39 is 9.84 Å². The van der Waals surface area contributed by atoms with E-state index in [1.807, 2.05) is 42.5 Å². The lowest BCUT2D eigenvalue weighted by Crippen LogP contribution is -2.36. The minimum absolute atomic E-state index is 0.0180. The molecule has 0 saturated carbocycles. The molecule has 0 atom stereocenters. The minimum Gasteiger partial charge on any atom is -0.385 e. The molecule has 1 aliphatic rings. The molecule has 0 bridgehead atoms. The number of nitrogens with zero attached hydrogens (tertiary/aromatic N) is 3. The van der Waals surface area contributed by atoms with E-state index in [4.69, 9.17) is 4.74 Å². The van der Waals surface area contributed by atoms with Crippen LogP contribution in [0.25, 0.3) is 0 Å². The first-order chi connectivity index (χ1) is 21.8. The zero-order chi connectivity index (χ0) is 32.2. The summed E-state index contributed by atoms with van der Waals surface area (Å²) in [5.74, 6) is -0.254. The molecule has 1 amide bonds. The largest absolute Gasteiger partial charge is 0.385 e. The fourth-order valence-corrected chi connectivity index (χ4v) is 7.07. The Morgan fingerprint density at radius 1 is 0.911 bits per heavy atom. The number of carbonyl (C=O) groups is 1. The molecule has 0 radical (unpaired) electrons. The molecule has 0 aliphatic carbocycles. The van der Waals surface area contributed by atoms with E-state index in [9.17, 15) is 13.2 Å². The summed E-state index contributed by atoms with van der Waals surface area (Å²) in [5, 5.41) is 3.00. The van der Waals surface area contributed by atoms with Gasteiger partial charge in [0.15, 0.2) is 9.84 Å². The molecule has 0 spiro atoms. The van der Waals surface area contributed by atoms with Gasteiger partial charge in [-0.1, -0.05) is 60.7 Å². The van der Waals surface area contributed by atoms with E-state index in [1.165, 1.54) is 19.1 Å². The molecule has 3 aromatic carbocycles. The summed E-state index contributed by atoms with van der Waals surface area (Å²) in [6, 6.07) is 24.3. The summed E-state index contributed by atoms with van der Waals surface area (Å²) >= 11 is 0. The lowest BCUT2D eigenvalue weighted by atomic mass is 9.90. The van der Waals surface area contributed by atoms with Gasteiger partial charge in [0.1, 0.15) is 0 Å². The second-order valence-electron chi connectivity index (χ2n) is 11.8. The van der Waals surface area contributed by atoms with Crippen molar-refractivity contribution in [2.75, 3.05) is 82.1 Å². The Morgan fingerprint density at radius 3 is 2.04 bits per heavy atom. The van der Waals surface area contributed by atoms with Crippen molar-refractivity contribution in [1.29, 1.82) is 0 Å². The van der Waals surface area contributed by atoms with Crippen LogP contribution in [0.1, 0.15) is 60.5 Å². The number of carbonyl (C=O) groups excluding carboxylic acids is 1. The quantitative estimate of drug-likeness (QED) is 0.198. The highest BCUT2D eigenvalue weighted by molar-refractivity contribution is 7.90. The first kappa shape index (κ1) is 34.5. The first-order valence-corrected chi connectivity index (χ1v) is 18.1. The topological polar surface area (TPSA) is 82.2 Å². The number of sulfone groups is 1. The van der Waals surface area contributed by atoms with Crippen LogP contribution in [0, 0.1) is 0 Å². The number of likely N-dealkylation sites (tertiary alicyclic amines) is 1. The maximum atomic E-state index is 13.7. The van der Waals surface area contributed by atoms with Gasteiger partial charge in [-0.15, -0.1) is 0 Å². The Balaban J connectivity index is 1.80. The molecule has 1 fully saturated rings. The zero-order valence-electron chi connectivity index (χ0n) is 27.4. The van der Waals surface area contributed by atoms with Gasteiger partial charge in [0, 0.05) is 65.2 Å². The van der Waals surface area contributed by atoms with Gasteiger partial charge in [-0.25, -0.2) is 8.42 Å². The van der Waals surface area contributed by atoms with Crippen molar-refractivity contribution in [3.63, 3.8) is 0 Å². The van der Waals surface area contributed by atoms with Gasteiger partial charge in [-0.3, -0.25) is 4.79 Å². The number of amides is 1. The summed E-state index contributed by atoms with van der Waals surface area (Å²) in [6.07, 6.45) is 4.33. The van der Waals surface area contributed by atoms with Gasteiger partial charge in [-0.05, 0) is 69.5 Å². The van der Waals surface area contributed by atoms with E-state index in [0.29, 0.717) is 50.5 Å². The summed E-state index contributed by atoms with van der Waals surface area (Å²) in [4.78, 5) is 20.7. The molecule has 1 aliphatic heterocycles. The smallest absolute Gasteiger partial charge is 0.253 e. The number of nitrogens with one attached hydrogen (secondary N) is 1. The van der Waals surface area contributed by atoms with E-state index in [-0.39, 0.29) is 16.7 Å². The average molecular weight is 635 g/mol. The normalized spacial score (nSPS) is 13.7. The van der Waals surface area contributed by atoms with Crippen LogP contribution in [-0.4, -0.2) is 91.6 Å². The Bertz CT molecular complexity index is 1420. The molecule has 1 N–H and O–H groups in total. The Kier molecular flexibility index (Phi) is 12.9. The molecule has 9 heteroatoms. The predicted molar refractivity (Wildman–Crippen MR) is 185 cm³/mol. The van der Waals surface area contributed by atoms with Crippen LogP contribution in [0.2, 0.25) is 0 Å². The standard InChI is InChI=1S/C36H50N4O4S/c1-5-39(24-23-38-21-13-14-22-38)33-27-34(35(45(4,42)43)26-31(33)36(41)37-20-15-25-44-3)40(6-2)28-32(29-16-9-7-10-17-29)30-18-11-8-12-19-30/h7-12,16-19,26-27,32H,5-6,13-15,20-25,28H2,1-4H3,(H,37,41). The third-order valence-corrected chi connectivity index (χ3v) is 9.79. The van der Waals surface area contributed by atoms with E-state index >= 15 is 0 Å². The van der Waals surface area contributed by atoms with Crippen molar-refractivity contribution in [1.82, 2.24) is 10.2 Å². The predicted octanol–water partition coefficient (Wildman–Crippen LogP) is 5.44. The second kappa shape index (κ2) is 16.8. The van der Waals surface area contributed by atoms with Crippen molar-refractivity contribution < 1.29 is 17.9 Å². The average Bonchev–Trinajstić information content (AvgIpc) is 3.58. The number of rotatable bonds is 17. The van der Waals surface area contributed by atoms with Crippen LogP contribution in [0.15, 0.2) is 77.7 Å². The number of benzene rings is 3. The summed E-state index contributed by atoms with van der Waals surface area (Å²) in [5.41, 5.74) is 4.10. The van der Waals surface area contributed by atoms with Gasteiger partial charge >= 0.3 is 0 Å². The monoisotopic (exact) mass is 634 g/mol. The van der Waals surface area contributed by atoms with Gasteiger partial charge in [-0.2, -0.15) is 0 Å². The van der Waals surface area contributed by atoms with Gasteiger partial charge in [0.05, 0.1) is 21.8 Å². The van der Waals surface area contributed by atoms with E-state index in [0.717, 1.165) is 43.0 Å². The highest BCUT2D eigenvalue weighted by Crippen LogP contribution is 2.36. The molecule has 1 heterocycles. The maximum Gasteiger partial charge on any atom is 0.253 e. The number of hydrogen-bond acceptors (Lipinski definition) is 7. The van der Waals surface area contributed by atoms with Crippen LogP contribution >= 0.6 is 0 Å². The molecule has 4 rings (SSSR count). The number of methoxy groups -OCH3 is 1. The van der Waals surface area contributed by atoms with Crippen LogP contribution < -0.4 is 15.1 Å². The molecule has 244 valence electrons. The fraction of sp³-hybridized carbons (Fsp3) is 0.472. The van der Waals surface area contributed by atoms with Gasteiger partial charge in [0.25, 0.3) is 5.91 Å². The summed E-state index contributed by atoms with van der Waals surface area (Å²) < 4.78 is 32.0. The van der Waals surface area contributed by atoms with Crippen molar-refractivity contribution in [2.24, 2.45) is 0 Å². The zero-order valence-corrected chi connectivity index (χ0v) is 28.2. The second-order valence-corrected chi connectivity index (χ2v) is 13.7. The van der Waals surface area contributed by atoms with Gasteiger partial charge in [0.2, 0.25) is 0 Å². The van der Waals surface area contributed by atoms with Gasteiger partial charge < -0.3 is 24.8 Å². The van der Waals surface area contributed by atoms with Crippen molar-refractivity contribution in [3.8, 4) is 0 Å². The van der Waals surface area contributed by atoms with Crippen LogP contribution in [-0.2, 0) is 14.6 Å². The Morgan fingerprint density at radius 2 is 1.51 bits per heavy atom. The summed E-state index contributed by atoms with van der Waals surface area (Å²) in [7, 11) is -2.05. The number of ether oxygens (including phenoxy) is 1. The minimum atomic E-state index is -3.68. The molecule has 0 aromatic heterocycles. The highest BCUT2D eigenvalue weighted by atomic mass is 32.2. The molecule has 0 unspecified atom stereocenters. The van der Waals surface area contributed by atoms with E-state index in [2.05, 4.69) is 58.1 Å². The fourth-order valence-electron chi connectivity index (χ4n) is 6.17. The SMILES string of the molecule is CCN(CCN1CCCC1)c1cc(N(CC)CC(c2ccccc2)c2ccccc2)c(S(C)(=O)=O)cc1C(=O)NCCCOC. The molecule has 1 saturated heterocycles. The Hall–Kier alpha value is -3.40. The summed E-state index contributed by atoms with van der Waals surface area (Å²) in [6.45, 7) is 10.8. The molecular weight excluding hydrogens is 584 g/mol. The molecule has 45 heavy (non-hydrogen) atoms. The number of hydrogen-bond donors (Lipinski definition) is 1. The number of likely N-dealkylation sites (N-methyl/N-ethyl adjacent to an activating group) is 2. The molecule has 3 aromatic rings.